The van der Waals surface area contributed by atoms with E-state index in [0.29, 0.717) is 12.5 Å². The van der Waals surface area contributed by atoms with Gasteiger partial charge in [-0.3, -0.25) is 9.79 Å². The standard InChI is InChI=1S/C18H27FN4O2.HI/c1-12(2)17(25)23-8-6-14(7-9-23)22-18(20-3)21-11-13-4-5-16(24)15(19)10-13;/h4-5,10,12,14,24H,6-9,11H2,1-3H3,(H2,20,21,22);1H. The lowest BCUT2D eigenvalue weighted by Crippen LogP contribution is -2.50. The summed E-state index contributed by atoms with van der Waals surface area (Å²) in [6.45, 7) is 5.74. The zero-order valence-electron chi connectivity index (χ0n) is 15.5. The first-order valence-corrected chi connectivity index (χ1v) is 8.64. The van der Waals surface area contributed by atoms with Gasteiger partial charge in [0.2, 0.25) is 5.91 Å². The number of nitrogens with one attached hydrogen (secondary N) is 2. The smallest absolute Gasteiger partial charge is 0.225 e. The van der Waals surface area contributed by atoms with Crippen LogP contribution in [-0.4, -0.2) is 48.1 Å². The maximum absolute atomic E-state index is 13.4. The van der Waals surface area contributed by atoms with Crippen molar-refractivity contribution in [1.29, 1.82) is 0 Å². The molecule has 0 spiro atoms. The molecule has 1 fully saturated rings. The van der Waals surface area contributed by atoms with E-state index in [9.17, 15) is 14.3 Å². The van der Waals surface area contributed by atoms with Crippen LogP contribution in [0.1, 0.15) is 32.3 Å². The number of carbonyl (C=O) groups excluding carboxylic acids is 1. The van der Waals surface area contributed by atoms with Gasteiger partial charge in [0.1, 0.15) is 0 Å². The molecule has 0 aromatic heterocycles. The van der Waals surface area contributed by atoms with Crippen LogP contribution >= 0.6 is 24.0 Å². The Labute approximate surface area is 171 Å². The number of carbonyl (C=O) groups is 1. The molecule has 0 aliphatic carbocycles. The van der Waals surface area contributed by atoms with Crippen molar-refractivity contribution in [2.45, 2.75) is 39.3 Å². The van der Waals surface area contributed by atoms with Gasteiger partial charge >= 0.3 is 0 Å². The maximum atomic E-state index is 13.4. The molecule has 1 aliphatic rings. The molecule has 146 valence electrons. The summed E-state index contributed by atoms with van der Waals surface area (Å²) < 4.78 is 13.4. The van der Waals surface area contributed by atoms with Crippen molar-refractivity contribution in [2.75, 3.05) is 20.1 Å². The van der Waals surface area contributed by atoms with E-state index in [4.69, 9.17) is 0 Å². The summed E-state index contributed by atoms with van der Waals surface area (Å²) in [5, 5.41) is 15.7. The third kappa shape index (κ3) is 6.30. The molecule has 1 saturated heterocycles. The highest BCUT2D eigenvalue weighted by atomic mass is 127. The minimum Gasteiger partial charge on any atom is -0.505 e. The second kappa shape index (κ2) is 10.5. The van der Waals surface area contributed by atoms with Crippen LogP contribution in [0, 0.1) is 11.7 Å². The van der Waals surface area contributed by atoms with E-state index in [0.717, 1.165) is 31.5 Å². The first-order chi connectivity index (χ1) is 11.9. The van der Waals surface area contributed by atoms with Crippen LogP contribution in [0.25, 0.3) is 0 Å². The van der Waals surface area contributed by atoms with Crippen LogP contribution in [0.5, 0.6) is 5.75 Å². The molecule has 1 amide bonds. The second-order valence-electron chi connectivity index (χ2n) is 6.61. The van der Waals surface area contributed by atoms with E-state index >= 15 is 0 Å². The number of rotatable bonds is 4. The fraction of sp³-hybridized carbons (Fsp3) is 0.556. The van der Waals surface area contributed by atoms with Crippen molar-refractivity contribution < 1.29 is 14.3 Å². The Bertz CT molecular complexity index is 632. The molecule has 2 rings (SSSR count). The first-order valence-electron chi connectivity index (χ1n) is 8.64. The van der Waals surface area contributed by atoms with Gasteiger partial charge < -0.3 is 20.6 Å². The maximum Gasteiger partial charge on any atom is 0.225 e. The number of phenols is 1. The second-order valence-corrected chi connectivity index (χ2v) is 6.61. The molecule has 3 N–H and O–H groups in total. The predicted molar refractivity (Wildman–Crippen MR) is 111 cm³/mol. The molecular weight excluding hydrogens is 450 g/mol. The Morgan fingerprint density at radius 2 is 2.04 bits per heavy atom. The average molecular weight is 478 g/mol. The predicted octanol–water partition coefficient (Wildman–Crippen LogP) is 2.46. The lowest BCUT2D eigenvalue weighted by molar-refractivity contribution is -0.135. The zero-order chi connectivity index (χ0) is 18.4. The van der Waals surface area contributed by atoms with Gasteiger partial charge in [-0.05, 0) is 30.5 Å². The van der Waals surface area contributed by atoms with Gasteiger partial charge in [-0.15, -0.1) is 24.0 Å². The normalized spacial score (nSPS) is 15.6. The summed E-state index contributed by atoms with van der Waals surface area (Å²) in [4.78, 5) is 18.1. The van der Waals surface area contributed by atoms with Gasteiger partial charge in [0.15, 0.2) is 17.5 Å². The van der Waals surface area contributed by atoms with Gasteiger partial charge in [-0.25, -0.2) is 4.39 Å². The SMILES string of the molecule is CN=C(NCc1ccc(O)c(F)c1)NC1CCN(C(=O)C(C)C)CC1.I. The number of hydrogen-bond acceptors (Lipinski definition) is 3. The molecule has 8 heteroatoms. The fourth-order valence-corrected chi connectivity index (χ4v) is 2.84. The number of hydrogen-bond donors (Lipinski definition) is 3. The number of nitrogens with zero attached hydrogens (tertiary/aromatic N) is 2. The summed E-state index contributed by atoms with van der Waals surface area (Å²) in [5.41, 5.74) is 0.718. The highest BCUT2D eigenvalue weighted by molar-refractivity contribution is 14.0. The van der Waals surface area contributed by atoms with Crippen molar-refractivity contribution >= 4 is 35.8 Å². The van der Waals surface area contributed by atoms with E-state index in [-0.39, 0.29) is 47.6 Å². The molecule has 0 radical (unpaired) electrons. The number of amides is 1. The molecule has 1 aromatic rings. The van der Waals surface area contributed by atoms with Crippen molar-refractivity contribution in [3.05, 3.63) is 29.6 Å². The Hall–Kier alpha value is -1.58. The van der Waals surface area contributed by atoms with Crippen LogP contribution < -0.4 is 10.6 Å². The summed E-state index contributed by atoms with van der Waals surface area (Å²) in [5.74, 6) is -0.111. The zero-order valence-corrected chi connectivity index (χ0v) is 17.8. The number of aromatic hydroxyl groups is 1. The van der Waals surface area contributed by atoms with Gasteiger partial charge in [0.25, 0.3) is 0 Å². The molecule has 1 aliphatic heterocycles. The van der Waals surface area contributed by atoms with Crippen LogP contribution in [-0.2, 0) is 11.3 Å². The number of aliphatic imine (C=N–C) groups is 1. The number of likely N-dealkylation sites (tertiary alicyclic amines) is 1. The highest BCUT2D eigenvalue weighted by Crippen LogP contribution is 2.16. The van der Waals surface area contributed by atoms with E-state index in [1.54, 1.807) is 13.1 Å². The van der Waals surface area contributed by atoms with Crippen molar-refractivity contribution in [3.63, 3.8) is 0 Å². The summed E-state index contributed by atoms with van der Waals surface area (Å²) in [7, 11) is 1.68. The summed E-state index contributed by atoms with van der Waals surface area (Å²) in [6.07, 6.45) is 1.74. The molecule has 1 heterocycles. The van der Waals surface area contributed by atoms with E-state index in [1.807, 2.05) is 18.7 Å². The van der Waals surface area contributed by atoms with E-state index in [2.05, 4.69) is 15.6 Å². The van der Waals surface area contributed by atoms with Gasteiger partial charge in [-0.2, -0.15) is 0 Å². The van der Waals surface area contributed by atoms with Crippen molar-refractivity contribution in [1.82, 2.24) is 15.5 Å². The fourth-order valence-electron chi connectivity index (χ4n) is 2.84. The van der Waals surface area contributed by atoms with Crippen LogP contribution in [0.4, 0.5) is 4.39 Å². The molecule has 0 saturated carbocycles. The number of halogens is 2. The van der Waals surface area contributed by atoms with Gasteiger partial charge in [-0.1, -0.05) is 19.9 Å². The lowest BCUT2D eigenvalue weighted by Gasteiger charge is -2.34. The molecule has 1 aromatic carbocycles. The third-order valence-electron chi connectivity index (χ3n) is 4.34. The molecule has 6 nitrogen and oxygen atoms in total. The minimum atomic E-state index is -0.635. The lowest BCUT2D eigenvalue weighted by atomic mass is 10.0. The van der Waals surface area contributed by atoms with Gasteiger partial charge in [0.05, 0.1) is 0 Å². The number of benzene rings is 1. The Kier molecular flexibility index (Phi) is 9.11. The average Bonchev–Trinajstić information content (AvgIpc) is 2.61. The Morgan fingerprint density at radius 3 is 2.58 bits per heavy atom. The molecule has 26 heavy (non-hydrogen) atoms. The van der Waals surface area contributed by atoms with Crippen LogP contribution in [0.2, 0.25) is 0 Å². The number of guanidine groups is 1. The number of phenolic OH excluding ortho intramolecular Hbond substituents is 1. The number of piperidine rings is 1. The van der Waals surface area contributed by atoms with E-state index in [1.165, 1.54) is 12.1 Å². The summed E-state index contributed by atoms with van der Waals surface area (Å²) in [6, 6.07) is 4.55. The quantitative estimate of drug-likeness (QED) is 0.353. The Balaban J connectivity index is 0.00000338. The van der Waals surface area contributed by atoms with Crippen molar-refractivity contribution in [2.24, 2.45) is 10.9 Å². The molecule has 0 atom stereocenters. The minimum absolute atomic E-state index is 0. The van der Waals surface area contributed by atoms with Gasteiger partial charge in [0, 0.05) is 38.6 Å². The topological polar surface area (TPSA) is 77.0 Å². The van der Waals surface area contributed by atoms with Crippen molar-refractivity contribution in [3.8, 4) is 5.75 Å². The summed E-state index contributed by atoms with van der Waals surface area (Å²) >= 11 is 0. The monoisotopic (exact) mass is 478 g/mol. The highest BCUT2D eigenvalue weighted by Gasteiger charge is 2.24. The van der Waals surface area contributed by atoms with Crippen LogP contribution in [0.3, 0.4) is 0 Å². The Morgan fingerprint density at radius 1 is 1.38 bits per heavy atom. The largest absolute Gasteiger partial charge is 0.505 e. The van der Waals surface area contributed by atoms with Crippen LogP contribution in [0.15, 0.2) is 23.2 Å². The molecule has 0 unspecified atom stereocenters. The van der Waals surface area contributed by atoms with E-state index < -0.39 is 5.82 Å². The first kappa shape index (κ1) is 22.5. The molecular formula is C18H28FIN4O2. The molecule has 0 bridgehead atoms. The third-order valence-corrected chi connectivity index (χ3v) is 4.34.